The van der Waals surface area contributed by atoms with Crippen LogP contribution in [0.2, 0.25) is 0 Å². The van der Waals surface area contributed by atoms with Crippen molar-refractivity contribution >= 4 is 5.91 Å². The van der Waals surface area contributed by atoms with Crippen LogP contribution in [-0.2, 0) is 0 Å². The minimum absolute atomic E-state index is 0.0589. The smallest absolute Gasteiger partial charge is 0.251 e. The van der Waals surface area contributed by atoms with Crippen LogP contribution in [0.4, 0.5) is 8.78 Å². The number of carbonyl (C=O) groups is 1. The van der Waals surface area contributed by atoms with Crippen molar-refractivity contribution in [3.8, 4) is 0 Å². The summed E-state index contributed by atoms with van der Waals surface area (Å²) in [6.07, 6.45) is 2.36. The second-order valence-corrected chi connectivity index (χ2v) is 4.38. The second-order valence-electron chi connectivity index (χ2n) is 4.38. The Labute approximate surface area is 97.5 Å². The molecular weight excluding hydrogens is 228 g/mol. The number of hydrogen-bond acceptors (Lipinski definition) is 2. The molecule has 17 heavy (non-hydrogen) atoms. The first-order valence-electron chi connectivity index (χ1n) is 5.45. The fourth-order valence-corrected chi connectivity index (χ4v) is 1.88. The van der Waals surface area contributed by atoms with Crippen LogP contribution in [0.1, 0.15) is 29.6 Å². The summed E-state index contributed by atoms with van der Waals surface area (Å²) in [7, 11) is 0. The number of amides is 1. The van der Waals surface area contributed by atoms with Gasteiger partial charge in [-0.15, -0.1) is 0 Å². The SMILES string of the molecule is O=C(NC1(CO)CCC1)c1ccc(F)c(F)c1. The van der Waals surface area contributed by atoms with E-state index < -0.39 is 23.1 Å². The zero-order chi connectivity index (χ0) is 12.5. The average molecular weight is 241 g/mol. The molecule has 92 valence electrons. The molecular formula is C12H13F2NO2. The molecule has 1 aliphatic carbocycles. The zero-order valence-corrected chi connectivity index (χ0v) is 9.17. The van der Waals surface area contributed by atoms with E-state index >= 15 is 0 Å². The van der Waals surface area contributed by atoms with E-state index in [-0.39, 0.29) is 12.2 Å². The molecule has 2 N–H and O–H groups in total. The van der Waals surface area contributed by atoms with Gasteiger partial charge < -0.3 is 10.4 Å². The summed E-state index contributed by atoms with van der Waals surface area (Å²) in [5, 5.41) is 11.8. The maximum absolute atomic E-state index is 12.9. The third-order valence-corrected chi connectivity index (χ3v) is 3.17. The van der Waals surface area contributed by atoms with Crippen LogP contribution in [0.25, 0.3) is 0 Å². The monoisotopic (exact) mass is 241 g/mol. The van der Waals surface area contributed by atoms with Crippen molar-refractivity contribution in [2.24, 2.45) is 0 Å². The number of hydrogen-bond donors (Lipinski definition) is 2. The third-order valence-electron chi connectivity index (χ3n) is 3.17. The number of nitrogens with one attached hydrogen (secondary N) is 1. The minimum atomic E-state index is -1.05. The van der Waals surface area contributed by atoms with Crippen molar-refractivity contribution in [3.05, 3.63) is 35.4 Å². The lowest BCUT2D eigenvalue weighted by Crippen LogP contribution is -2.56. The summed E-state index contributed by atoms with van der Waals surface area (Å²) >= 11 is 0. The molecule has 0 heterocycles. The molecule has 0 atom stereocenters. The van der Waals surface area contributed by atoms with Gasteiger partial charge in [-0.25, -0.2) is 8.78 Å². The molecule has 2 rings (SSSR count). The molecule has 0 aliphatic heterocycles. The molecule has 1 aromatic carbocycles. The molecule has 1 fully saturated rings. The van der Waals surface area contributed by atoms with Crippen LogP contribution in [0.3, 0.4) is 0 Å². The van der Waals surface area contributed by atoms with Crippen molar-refractivity contribution in [1.82, 2.24) is 5.32 Å². The molecule has 5 heteroatoms. The number of benzene rings is 1. The standard InChI is InChI=1S/C12H13F2NO2/c13-9-3-2-8(6-10(9)14)11(17)15-12(7-16)4-1-5-12/h2-3,6,16H,1,4-5,7H2,(H,15,17). The zero-order valence-electron chi connectivity index (χ0n) is 9.17. The first kappa shape index (κ1) is 12.0. The predicted molar refractivity (Wildman–Crippen MR) is 57.5 cm³/mol. The van der Waals surface area contributed by atoms with Crippen LogP contribution in [0.5, 0.6) is 0 Å². The maximum Gasteiger partial charge on any atom is 0.251 e. The lowest BCUT2D eigenvalue weighted by molar-refractivity contribution is 0.0641. The van der Waals surface area contributed by atoms with Gasteiger partial charge in [-0.05, 0) is 37.5 Å². The Kier molecular flexibility index (Phi) is 3.11. The number of aliphatic hydroxyl groups excluding tert-OH is 1. The average Bonchev–Trinajstić information content (AvgIpc) is 2.27. The summed E-state index contributed by atoms with van der Waals surface area (Å²) < 4.78 is 25.6. The van der Waals surface area contributed by atoms with Crippen molar-refractivity contribution in [2.75, 3.05) is 6.61 Å². The second kappa shape index (κ2) is 4.41. The van der Waals surface area contributed by atoms with Crippen molar-refractivity contribution in [2.45, 2.75) is 24.8 Å². The fourth-order valence-electron chi connectivity index (χ4n) is 1.88. The normalized spacial score (nSPS) is 17.4. The highest BCUT2D eigenvalue weighted by Gasteiger charge is 2.37. The number of halogens is 2. The summed E-state index contributed by atoms with van der Waals surface area (Å²) in [6.45, 7) is -0.136. The van der Waals surface area contributed by atoms with Gasteiger partial charge in [-0.3, -0.25) is 4.79 Å². The van der Waals surface area contributed by atoms with Crippen LogP contribution in [-0.4, -0.2) is 23.2 Å². The Hall–Kier alpha value is -1.49. The molecule has 3 nitrogen and oxygen atoms in total. The number of rotatable bonds is 3. The largest absolute Gasteiger partial charge is 0.394 e. The highest BCUT2D eigenvalue weighted by molar-refractivity contribution is 5.94. The van der Waals surface area contributed by atoms with E-state index in [1.54, 1.807) is 0 Å². The molecule has 1 aliphatic rings. The lowest BCUT2D eigenvalue weighted by atomic mass is 9.77. The first-order chi connectivity index (χ1) is 8.06. The highest BCUT2D eigenvalue weighted by Crippen LogP contribution is 2.31. The van der Waals surface area contributed by atoms with E-state index in [1.165, 1.54) is 6.07 Å². The van der Waals surface area contributed by atoms with Crippen molar-refractivity contribution in [1.29, 1.82) is 0 Å². The fraction of sp³-hybridized carbons (Fsp3) is 0.417. The van der Waals surface area contributed by atoms with Crippen molar-refractivity contribution < 1.29 is 18.7 Å². The Morgan fingerprint density at radius 3 is 2.53 bits per heavy atom. The lowest BCUT2D eigenvalue weighted by Gasteiger charge is -2.40. The Morgan fingerprint density at radius 2 is 2.06 bits per heavy atom. The van der Waals surface area contributed by atoms with E-state index in [0.29, 0.717) is 12.8 Å². The van der Waals surface area contributed by atoms with E-state index in [4.69, 9.17) is 0 Å². The number of carbonyl (C=O) groups excluding carboxylic acids is 1. The molecule has 0 aromatic heterocycles. The van der Waals surface area contributed by atoms with Crippen molar-refractivity contribution in [3.63, 3.8) is 0 Å². The molecule has 0 spiro atoms. The van der Waals surface area contributed by atoms with Gasteiger partial charge in [0.25, 0.3) is 5.91 Å². The van der Waals surface area contributed by atoms with Crippen LogP contribution in [0, 0.1) is 11.6 Å². The molecule has 1 amide bonds. The predicted octanol–water partition coefficient (Wildman–Crippen LogP) is 1.61. The molecule has 0 radical (unpaired) electrons. The van der Waals surface area contributed by atoms with Gasteiger partial charge in [0.2, 0.25) is 0 Å². The Bertz CT molecular complexity index is 439. The van der Waals surface area contributed by atoms with E-state index in [0.717, 1.165) is 18.6 Å². The van der Waals surface area contributed by atoms with Crippen LogP contribution in [0.15, 0.2) is 18.2 Å². The van der Waals surface area contributed by atoms with Gasteiger partial charge >= 0.3 is 0 Å². The first-order valence-corrected chi connectivity index (χ1v) is 5.45. The van der Waals surface area contributed by atoms with Gasteiger partial charge in [0.15, 0.2) is 11.6 Å². The van der Waals surface area contributed by atoms with Gasteiger partial charge in [0, 0.05) is 5.56 Å². The van der Waals surface area contributed by atoms with E-state index in [2.05, 4.69) is 5.32 Å². The molecule has 0 bridgehead atoms. The van der Waals surface area contributed by atoms with Crippen LogP contribution >= 0.6 is 0 Å². The minimum Gasteiger partial charge on any atom is -0.394 e. The molecule has 1 saturated carbocycles. The van der Waals surface area contributed by atoms with Gasteiger partial charge in [0.05, 0.1) is 12.1 Å². The third kappa shape index (κ3) is 2.29. The quantitative estimate of drug-likeness (QED) is 0.844. The summed E-state index contributed by atoms with van der Waals surface area (Å²) in [6, 6.07) is 2.99. The Balaban J connectivity index is 2.11. The van der Waals surface area contributed by atoms with Gasteiger partial charge in [0.1, 0.15) is 0 Å². The molecule has 1 aromatic rings. The van der Waals surface area contributed by atoms with E-state index in [1.807, 2.05) is 0 Å². The Morgan fingerprint density at radius 1 is 1.35 bits per heavy atom. The van der Waals surface area contributed by atoms with Gasteiger partial charge in [-0.1, -0.05) is 0 Å². The number of aliphatic hydroxyl groups is 1. The maximum atomic E-state index is 12.9. The van der Waals surface area contributed by atoms with E-state index in [9.17, 15) is 18.7 Å². The summed E-state index contributed by atoms with van der Waals surface area (Å²) in [4.78, 5) is 11.8. The van der Waals surface area contributed by atoms with Gasteiger partial charge in [-0.2, -0.15) is 0 Å². The summed E-state index contributed by atoms with van der Waals surface area (Å²) in [5.74, 6) is -2.52. The highest BCUT2D eigenvalue weighted by atomic mass is 19.2. The summed E-state index contributed by atoms with van der Waals surface area (Å²) in [5.41, 5.74) is -0.522. The molecule has 0 unspecified atom stereocenters. The molecule has 0 saturated heterocycles. The van der Waals surface area contributed by atoms with Crippen LogP contribution < -0.4 is 5.32 Å². The topological polar surface area (TPSA) is 49.3 Å².